The Morgan fingerprint density at radius 1 is 0.983 bits per heavy atom. The van der Waals surface area contributed by atoms with Gasteiger partial charge in [-0.25, -0.2) is 4.98 Å². The maximum absolute atomic E-state index is 14.1. The van der Waals surface area contributed by atoms with Crippen LogP contribution in [0.1, 0.15) is 64.6 Å². The Labute approximate surface area is 343 Å². The summed E-state index contributed by atoms with van der Waals surface area (Å²) in [6.07, 6.45) is 2.44. The SMILES string of the molecule is Cc1ncsc1-c1ccc(CNC(=O)[C@@H]2C[C@@H](C)CC2C(=O)[C@@H](NC(=O)COCC(=O)NC2CCN(c3cc(-c4ccccc4O)nnc3N)CC2)C(C)(C)C)cc1. The van der Waals surface area contributed by atoms with E-state index in [0.29, 0.717) is 62.3 Å². The van der Waals surface area contributed by atoms with Crippen molar-refractivity contribution in [2.75, 3.05) is 36.9 Å². The van der Waals surface area contributed by atoms with Crippen molar-refractivity contribution in [2.24, 2.45) is 23.2 Å². The number of rotatable bonds is 14. The van der Waals surface area contributed by atoms with Crippen molar-refractivity contribution in [3.63, 3.8) is 0 Å². The minimum Gasteiger partial charge on any atom is -0.507 e. The van der Waals surface area contributed by atoms with Crippen LogP contribution in [-0.4, -0.2) is 82.2 Å². The number of ketones is 1. The number of aryl methyl sites for hydroxylation is 1. The van der Waals surface area contributed by atoms with Gasteiger partial charge in [0.1, 0.15) is 19.0 Å². The van der Waals surface area contributed by atoms with Gasteiger partial charge in [0.15, 0.2) is 11.6 Å². The monoisotopic (exact) mass is 810 g/mol. The average Bonchev–Trinajstić information content (AvgIpc) is 3.81. The summed E-state index contributed by atoms with van der Waals surface area (Å²) in [5.41, 5.74) is 12.2. The maximum Gasteiger partial charge on any atom is 0.246 e. The van der Waals surface area contributed by atoms with Crippen molar-refractivity contribution in [2.45, 2.75) is 78.9 Å². The van der Waals surface area contributed by atoms with E-state index in [0.717, 1.165) is 21.7 Å². The molecule has 2 aromatic heterocycles. The lowest BCUT2D eigenvalue weighted by Crippen LogP contribution is -2.53. The number of carbonyl (C=O) groups excluding carboxylic acids is 4. The van der Waals surface area contributed by atoms with E-state index < -0.39 is 35.8 Å². The van der Waals surface area contributed by atoms with Gasteiger partial charge in [-0.3, -0.25) is 19.2 Å². The first-order chi connectivity index (χ1) is 27.7. The van der Waals surface area contributed by atoms with Gasteiger partial charge < -0.3 is 36.4 Å². The summed E-state index contributed by atoms with van der Waals surface area (Å²) >= 11 is 1.59. The summed E-state index contributed by atoms with van der Waals surface area (Å²) in [7, 11) is 0. The fraction of sp³-hybridized carbons (Fsp3) is 0.465. The summed E-state index contributed by atoms with van der Waals surface area (Å²) in [5, 5.41) is 27.4. The van der Waals surface area contributed by atoms with E-state index in [-0.39, 0.29) is 47.7 Å². The number of ether oxygens (including phenoxy) is 1. The largest absolute Gasteiger partial charge is 0.507 e. The Bertz CT molecular complexity index is 2090. The fourth-order valence-corrected chi connectivity index (χ4v) is 8.75. The molecule has 0 radical (unpaired) electrons. The molecular formula is C43H54N8O6S. The van der Waals surface area contributed by atoms with E-state index in [1.807, 2.05) is 76.5 Å². The van der Waals surface area contributed by atoms with Crippen LogP contribution in [0.25, 0.3) is 21.7 Å². The minimum absolute atomic E-state index is 0.0992. The molecule has 308 valence electrons. The van der Waals surface area contributed by atoms with E-state index in [2.05, 4.69) is 36.0 Å². The second-order valence-electron chi connectivity index (χ2n) is 16.6. The zero-order valence-electron chi connectivity index (χ0n) is 33.8. The highest BCUT2D eigenvalue weighted by Crippen LogP contribution is 2.40. The third-order valence-corrected chi connectivity index (χ3v) is 12.0. The Balaban J connectivity index is 0.955. The number of para-hydroxylation sites is 1. The summed E-state index contributed by atoms with van der Waals surface area (Å²) in [6, 6.07) is 15.8. The van der Waals surface area contributed by atoms with Gasteiger partial charge in [0.2, 0.25) is 17.7 Å². The van der Waals surface area contributed by atoms with Gasteiger partial charge in [0.05, 0.1) is 33.5 Å². The number of nitrogens with one attached hydrogen (secondary N) is 3. The molecule has 1 aliphatic carbocycles. The highest BCUT2D eigenvalue weighted by atomic mass is 32.1. The van der Waals surface area contributed by atoms with Gasteiger partial charge in [0.25, 0.3) is 0 Å². The van der Waals surface area contributed by atoms with Gasteiger partial charge in [-0.1, -0.05) is 64.1 Å². The second kappa shape index (κ2) is 18.5. The van der Waals surface area contributed by atoms with Crippen molar-refractivity contribution in [1.82, 2.24) is 31.1 Å². The molecule has 0 bridgehead atoms. The minimum atomic E-state index is -0.852. The molecule has 1 saturated heterocycles. The van der Waals surface area contributed by atoms with Crippen LogP contribution >= 0.6 is 11.3 Å². The van der Waals surface area contributed by atoms with Gasteiger partial charge >= 0.3 is 0 Å². The number of benzene rings is 2. The van der Waals surface area contributed by atoms with Crippen LogP contribution in [0.3, 0.4) is 0 Å². The third-order valence-electron chi connectivity index (χ3n) is 11.0. The standard InChI is InChI=1S/C43H54N8O6S/c1-25-18-31(32(19-25)42(56)45-21-27-10-12-28(13-11-27)39-26(2)46-24-58-39)38(55)40(43(3,4)5)48-37(54)23-57-22-36(53)47-29-14-16-51(17-15-29)34-20-33(49-50-41(34)44)30-8-6-7-9-35(30)52/h6-13,20,24-25,29,31-32,40,52H,14-19,21-23H2,1-5H3,(H2,44,50)(H,45,56)(H,47,53)(H,48,54)/t25-,31?,32+,40+/m0/s1. The molecular weight excluding hydrogens is 757 g/mol. The number of carbonyl (C=O) groups is 4. The number of anilines is 2. The molecule has 2 aliphatic rings. The molecule has 3 heterocycles. The lowest BCUT2D eigenvalue weighted by molar-refractivity contribution is -0.138. The molecule has 4 atom stereocenters. The number of aromatic nitrogens is 3. The highest BCUT2D eigenvalue weighted by Gasteiger charge is 2.46. The highest BCUT2D eigenvalue weighted by molar-refractivity contribution is 7.13. The molecule has 4 aromatic rings. The van der Waals surface area contributed by atoms with Crippen LogP contribution in [0, 0.1) is 30.1 Å². The molecule has 14 nitrogen and oxygen atoms in total. The predicted octanol–water partition coefficient (Wildman–Crippen LogP) is 5.04. The number of nitrogens with zero attached hydrogens (tertiary/aromatic N) is 4. The molecule has 15 heteroatoms. The molecule has 2 aromatic carbocycles. The molecule has 1 saturated carbocycles. The average molecular weight is 811 g/mol. The molecule has 2 fully saturated rings. The van der Waals surface area contributed by atoms with Crippen LogP contribution in [0.5, 0.6) is 5.75 Å². The Hall–Kier alpha value is -5.41. The number of phenols is 1. The molecule has 1 aliphatic heterocycles. The maximum atomic E-state index is 14.1. The van der Waals surface area contributed by atoms with E-state index in [4.69, 9.17) is 10.5 Å². The topological polar surface area (TPSA) is 202 Å². The zero-order valence-corrected chi connectivity index (χ0v) is 34.6. The number of hydrogen-bond acceptors (Lipinski definition) is 12. The van der Waals surface area contributed by atoms with Crippen LogP contribution < -0.4 is 26.6 Å². The molecule has 6 N–H and O–H groups in total. The number of piperidine rings is 1. The van der Waals surface area contributed by atoms with Crippen LogP contribution in [0.4, 0.5) is 11.5 Å². The van der Waals surface area contributed by atoms with Crippen LogP contribution in [-0.2, 0) is 30.5 Å². The van der Waals surface area contributed by atoms with E-state index in [1.165, 1.54) is 0 Å². The van der Waals surface area contributed by atoms with Gasteiger partial charge in [-0.2, -0.15) is 0 Å². The van der Waals surface area contributed by atoms with Gasteiger partial charge in [-0.05, 0) is 73.3 Å². The van der Waals surface area contributed by atoms with Gasteiger partial charge in [0, 0.05) is 43.1 Å². The number of nitrogen functional groups attached to an aromatic ring is 1. The fourth-order valence-electron chi connectivity index (χ4n) is 7.94. The Kier molecular flexibility index (Phi) is 13.4. The summed E-state index contributed by atoms with van der Waals surface area (Å²) in [4.78, 5) is 61.2. The first-order valence-electron chi connectivity index (χ1n) is 19.8. The normalized spacial score (nSPS) is 19.1. The predicted molar refractivity (Wildman–Crippen MR) is 224 cm³/mol. The number of aromatic hydroxyl groups is 1. The molecule has 6 rings (SSSR count). The number of thiazole rings is 1. The number of nitrogens with two attached hydrogens (primary N) is 1. The molecule has 1 unspecified atom stereocenters. The summed E-state index contributed by atoms with van der Waals surface area (Å²) in [5.74, 6) is -1.68. The van der Waals surface area contributed by atoms with Crippen molar-refractivity contribution in [3.8, 4) is 27.4 Å². The van der Waals surface area contributed by atoms with Crippen molar-refractivity contribution in [1.29, 1.82) is 0 Å². The Morgan fingerprint density at radius 3 is 2.34 bits per heavy atom. The first-order valence-corrected chi connectivity index (χ1v) is 20.7. The van der Waals surface area contributed by atoms with E-state index in [1.54, 1.807) is 29.5 Å². The van der Waals surface area contributed by atoms with Crippen molar-refractivity contribution in [3.05, 3.63) is 71.4 Å². The first kappa shape index (κ1) is 42.2. The number of hydrogen-bond donors (Lipinski definition) is 5. The summed E-state index contributed by atoms with van der Waals surface area (Å²) in [6.45, 7) is 10.5. The lowest BCUT2D eigenvalue weighted by atomic mass is 9.77. The number of Topliss-reactive ketones (excluding diaryl/α,β-unsaturated/α-hetero) is 1. The molecule has 0 spiro atoms. The smallest absolute Gasteiger partial charge is 0.246 e. The second-order valence-corrected chi connectivity index (χ2v) is 17.4. The number of phenolic OH excluding ortho intramolecular Hbond substituents is 1. The van der Waals surface area contributed by atoms with Crippen molar-refractivity contribution >= 4 is 46.3 Å². The van der Waals surface area contributed by atoms with E-state index in [9.17, 15) is 24.3 Å². The summed E-state index contributed by atoms with van der Waals surface area (Å²) < 4.78 is 5.51. The zero-order chi connectivity index (χ0) is 41.6. The van der Waals surface area contributed by atoms with Crippen LogP contribution in [0.2, 0.25) is 0 Å². The Morgan fingerprint density at radius 2 is 1.67 bits per heavy atom. The lowest BCUT2D eigenvalue weighted by Gasteiger charge is -2.34. The quantitative estimate of drug-likeness (QED) is 0.114. The van der Waals surface area contributed by atoms with Gasteiger partial charge in [-0.15, -0.1) is 21.5 Å². The van der Waals surface area contributed by atoms with Crippen molar-refractivity contribution < 1.29 is 29.0 Å². The third kappa shape index (κ3) is 10.4. The molecule has 3 amide bonds. The molecule has 58 heavy (non-hydrogen) atoms. The van der Waals surface area contributed by atoms with E-state index >= 15 is 0 Å². The van der Waals surface area contributed by atoms with Crippen LogP contribution in [0.15, 0.2) is 60.1 Å². The number of amides is 3.